The Morgan fingerprint density at radius 3 is 2.54 bits per heavy atom. The Kier molecular flexibility index (Phi) is 5.63. The van der Waals surface area contributed by atoms with Crippen molar-refractivity contribution in [2.75, 3.05) is 26.7 Å². The average Bonchev–Trinajstić information content (AvgIpc) is 3.02. The van der Waals surface area contributed by atoms with E-state index in [1.165, 1.54) is 18.4 Å². The van der Waals surface area contributed by atoms with Gasteiger partial charge in [0.2, 0.25) is 11.8 Å². The smallest absolute Gasteiger partial charge is 0.233 e. The summed E-state index contributed by atoms with van der Waals surface area (Å²) >= 11 is 0. The van der Waals surface area contributed by atoms with Crippen LogP contribution in [0.15, 0.2) is 34.7 Å². The zero-order valence-electron chi connectivity index (χ0n) is 15.0. The van der Waals surface area contributed by atoms with Crippen molar-refractivity contribution >= 4 is 0 Å². The summed E-state index contributed by atoms with van der Waals surface area (Å²) in [6.07, 6.45) is 2.47. The number of benzene rings is 1. The molecule has 5 heteroatoms. The van der Waals surface area contributed by atoms with Crippen LogP contribution in [-0.2, 0) is 6.54 Å². The van der Waals surface area contributed by atoms with Crippen LogP contribution in [0, 0.1) is 12.8 Å². The zero-order valence-corrected chi connectivity index (χ0v) is 15.0. The molecule has 1 aromatic heterocycles. The first-order valence-corrected chi connectivity index (χ1v) is 8.88. The van der Waals surface area contributed by atoms with Gasteiger partial charge in [0.15, 0.2) is 0 Å². The van der Waals surface area contributed by atoms with Crippen molar-refractivity contribution in [3.05, 3.63) is 47.7 Å². The maximum Gasteiger partial charge on any atom is 0.233 e. The lowest BCUT2D eigenvalue weighted by molar-refractivity contribution is 0.108. The number of hydrogen-bond donors (Lipinski definition) is 0. The minimum Gasteiger partial charge on any atom is -0.424 e. The molecule has 1 unspecified atom stereocenters. The van der Waals surface area contributed by atoms with Gasteiger partial charge < -0.3 is 9.32 Å². The Bertz CT molecular complexity index is 619. The molecule has 1 aliphatic heterocycles. The van der Waals surface area contributed by atoms with E-state index in [1.807, 2.05) is 6.92 Å². The van der Waals surface area contributed by atoms with Crippen molar-refractivity contribution < 1.29 is 4.42 Å². The molecule has 2 heterocycles. The van der Waals surface area contributed by atoms with E-state index >= 15 is 0 Å². The number of likely N-dealkylation sites (tertiary alicyclic amines) is 1. The first kappa shape index (κ1) is 17.1. The van der Waals surface area contributed by atoms with E-state index in [4.69, 9.17) is 4.42 Å². The molecule has 5 nitrogen and oxygen atoms in total. The van der Waals surface area contributed by atoms with Gasteiger partial charge in [-0.3, -0.25) is 4.90 Å². The summed E-state index contributed by atoms with van der Waals surface area (Å²) in [5.41, 5.74) is 1.39. The molecule has 1 aliphatic rings. The minimum absolute atomic E-state index is 0.217. The van der Waals surface area contributed by atoms with Crippen molar-refractivity contribution in [1.29, 1.82) is 0 Å². The SMILES string of the molecule is Cc1nnc(C(C)N2CCC(CN(C)Cc3ccccc3)CC2)o1. The fraction of sp³-hybridized carbons (Fsp3) is 0.579. The summed E-state index contributed by atoms with van der Waals surface area (Å²) in [4.78, 5) is 4.90. The van der Waals surface area contributed by atoms with Crippen molar-refractivity contribution in [2.24, 2.45) is 5.92 Å². The standard InChI is InChI=1S/C19H28N4O/c1-15(19-21-20-16(2)24-19)23-11-9-18(10-12-23)14-22(3)13-17-7-5-4-6-8-17/h4-8,15,18H,9-14H2,1-3H3. The summed E-state index contributed by atoms with van der Waals surface area (Å²) in [6.45, 7) is 8.40. The zero-order chi connectivity index (χ0) is 16.9. The van der Waals surface area contributed by atoms with Crippen LogP contribution >= 0.6 is 0 Å². The molecule has 0 spiro atoms. The molecule has 0 aliphatic carbocycles. The molecule has 0 amide bonds. The number of aromatic nitrogens is 2. The van der Waals surface area contributed by atoms with E-state index in [-0.39, 0.29) is 6.04 Å². The molecule has 24 heavy (non-hydrogen) atoms. The van der Waals surface area contributed by atoms with Gasteiger partial charge in [0.05, 0.1) is 6.04 Å². The van der Waals surface area contributed by atoms with Gasteiger partial charge in [-0.2, -0.15) is 0 Å². The molecule has 1 aromatic carbocycles. The summed E-state index contributed by atoms with van der Waals surface area (Å²) in [5.74, 6) is 2.16. The summed E-state index contributed by atoms with van der Waals surface area (Å²) in [7, 11) is 2.23. The topological polar surface area (TPSA) is 45.4 Å². The quantitative estimate of drug-likeness (QED) is 0.814. The molecule has 130 valence electrons. The molecule has 1 fully saturated rings. The van der Waals surface area contributed by atoms with E-state index in [9.17, 15) is 0 Å². The molecule has 0 N–H and O–H groups in total. The predicted molar refractivity (Wildman–Crippen MR) is 94.5 cm³/mol. The van der Waals surface area contributed by atoms with Crippen LogP contribution in [0.1, 0.15) is 43.2 Å². The van der Waals surface area contributed by atoms with Crippen LogP contribution in [0.25, 0.3) is 0 Å². The normalized spacial score (nSPS) is 18.2. The minimum atomic E-state index is 0.217. The van der Waals surface area contributed by atoms with Gasteiger partial charge in [-0.15, -0.1) is 10.2 Å². The predicted octanol–water partition coefficient (Wildman–Crippen LogP) is 3.28. The highest BCUT2D eigenvalue weighted by Crippen LogP contribution is 2.26. The second kappa shape index (κ2) is 7.90. The third kappa shape index (κ3) is 4.42. The van der Waals surface area contributed by atoms with Gasteiger partial charge in [-0.1, -0.05) is 30.3 Å². The van der Waals surface area contributed by atoms with Crippen molar-refractivity contribution in [1.82, 2.24) is 20.0 Å². The Morgan fingerprint density at radius 1 is 1.21 bits per heavy atom. The van der Waals surface area contributed by atoms with E-state index in [0.29, 0.717) is 5.89 Å². The summed E-state index contributed by atoms with van der Waals surface area (Å²) in [6, 6.07) is 10.9. The second-order valence-corrected chi connectivity index (χ2v) is 7.00. The number of nitrogens with zero attached hydrogens (tertiary/aromatic N) is 4. The number of aryl methyl sites for hydroxylation is 1. The highest BCUT2D eigenvalue weighted by molar-refractivity contribution is 5.14. The van der Waals surface area contributed by atoms with E-state index < -0.39 is 0 Å². The van der Waals surface area contributed by atoms with Crippen molar-refractivity contribution in [2.45, 2.75) is 39.3 Å². The van der Waals surface area contributed by atoms with E-state index in [2.05, 4.69) is 64.3 Å². The third-order valence-corrected chi connectivity index (χ3v) is 4.96. The fourth-order valence-electron chi connectivity index (χ4n) is 3.56. The fourth-order valence-corrected chi connectivity index (χ4v) is 3.56. The van der Waals surface area contributed by atoms with Crippen LogP contribution < -0.4 is 0 Å². The van der Waals surface area contributed by atoms with Crippen molar-refractivity contribution in [3.8, 4) is 0 Å². The molecule has 0 radical (unpaired) electrons. The van der Waals surface area contributed by atoms with Gasteiger partial charge in [-0.25, -0.2) is 0 Å². The Morgan fingerprint density at radius 2 is 1.92 bits per heavy atom. The first-order chi connectivity index (χ1) is 11.6. The molecule has 3 rings (SSSR count). The van der Waals surface area contributed by atoms with Crippen LogP contribution in [0.3, 0.4) is 0 Å². The lowest BCUT2D eigenvalue weighted by atomic mass is 9.95. The van der Waals surface area contributed by atoms with Crippen LogP contribution in [0.4, 0.5) is 0 Å². The van der Waals surface area contributed by atoms with Gasteiger partial charge in [0, 0.05) is 20.0 Å². The maximum absolute atomic E-state index is 5.58. The van der Waals surface area contributed by atoms with Crippen LogP contribution in [0.2, 0.25) is 0 Å². The van der Waals surface area contributed by atoms with Crippen molar-refractivity contribution in [3.63, 3.8) is 0 Å². The molecular weight excluding hydrogens is 300 g/mol. The molecule has 0 bridgehead atoms. The Hall–Kier alpha value is -1.72. The number of rotatable bonds is 6. The van der Waals surface area contributed by atoms with Crippen LogP contribution in [0.5, 0.6) is 0 Å². The summed E-state index contributed by atoms with van der Waals surface area (Å²) in [5, 5.41) is 8.12. The Labute approximate surface area is 144 Å². The number of piperidine rings is 1. The number of hydrogen-bond acceptors (Lipinski definition) is 5. The molecule has 2 aromatic rings. The average molecular weight is 328 g/mol. The van der Waals surface area contributed by atoms with Gasteiger partial charge >= 0.3 is 0 Å². The lowest BCUT2D eigenvalue weighted by Crippen LogP contribution is -2.39. The third-order valence-electron chi connectivity index (χ3n) is 4.96. The monoisotopic (exact) mass is 328 g/mol. The summed E-state index contributed by atoms with van der Waals surface area (Å²) < 4.78 is 5.58. The molecular formula is C19H28N4O. The maximum atomic E-state index is 5.58. The lowest BCUT2D eigenvalue weighted by Gasteiger charge is -2.36. The largest absolute Gasteiger partial charge is 0.424 e. The van der Waals surface area contributed by atoms with Gasteiger partial charge in [-0.05, 0) is 51.4 Å². The molecule has 1 saturated heterocycles. The second-order valence-electron chi connectivity index (χ2n) is 7.00. The molecule has 0 saturated carbocycles. The first-order valence-electron chi connectivity index (χ1n) is 8.88. The van der Waals surface area contributed by atoms with Gasteiger partial charge in [0.1, 0.15) is 0 Å². The Balaban J connectivity index is 1.45. The van der Waals surface area contributed by atoms with Gasteiger partial charge in [0.25, 0.3) is 0 Å². The molecule has 1 atom stereocenters. The van der Waals surface area contributed by atoms with Crippen LogP contribution in [-0.4, -0.2) is 46.7 Å². The highest BCUT2D eigenvalue weighted by atomic mass is 16.4. The highest BCUT2D eigenvalue weighted by Gasteiger charge is 2.26. The van der Waals surface area contributed by atoms with E-state index in [0.717, 1.165) is 38.0 Å². The van der Waals surface area contributed by atoms with E-state index in [1.54, 1.807) is 0 Å².